The van der Waals surface area contributed by atoms with Gasteiger partial charge in [0, 0.05) is 12.1 Å². The van der Waals surface area contributed by atoms with Crippen LogP contribution in [0.1, 0.15) is 18.1 Å². The van der Waals surface area contributed by atoms with Crippen molar-refractivity contribution in [1.82, 2.24) is 0 Å². The van der Waals surface area contributed by atoms with Crippen LogP contribution in [0.3, 0.4) is 0 Å². The molecule has 0 amide bonds. The number of hydrogen-bond donors (Lipinski definition) is 1. The molecule has 112 valence electrons. The number of phenolic OH excluding ortho intramolecular Hbond substituents is 1. The van der Waals surface area contributed by atoms with Gasteiger partial charge in [-0.2, -0.15) is 0 Å². The van der Waals surface area contributed by atoms with Crippen LogP contribution in [0.15, 0.2) is 60.9 Å². The highest BCUT2D eigenvalue weighted by atomic mass is 79.9. The second kappa shape index (κ2) is 7.23. The molecule has 0 spiro atoms. The number of halogens is 1. The minimum Gasteiger partial charge on any atom is -1.00 e. The predicted octanol–water partition coefficient (Wildman–Crippen LogP) is 1.03. The smallest absolute Gasteiger partial charge is 0.169 e. The van der Waals surface area contributed by atoms with E-state index in [-0.39, 0.29) is 17.0 Å². The van der Waals surface area contributed by atoms with Gasteiger partial charge >= 0.3 is 0 Å². The lowest BCUT2D eigenvalue weighted by molar-refractivity contribution is -0.693. The van der Waals surface area contributed by atoms with Crippen molar-refractivity contribution >= 4 is 22.9 Å². The minimum absolute atomic E-state index is 0. The molecule has 0 radical (unpaired) electrons. The van der Waals surface area contributed by atoms with Crippen molar-refractivity contribution in [3.63, 3.8) is 0 Å². The predicted molar refractivity (Wildman–Crippen MR) is 86.9 cm³/mol. The summed E-state index contributed by atoms with van der Waals surface area (Å²) < 4.78 is 2.14. The Hall–Kier alpha value is -2.13. The largest absolute Gasteiger partial charge is 1.00 e. The zero-order valence-electron chi connectivity index (χ0n) is 12.4. The summed E-state index contributed by atoms with van der Waals surface area (Å²) in [5.74, 6) is 0.305. The van der Waals surface area contributed by atoms with Crippen molar-refractivity contribution in [2.24, 2.45) is 0 Å². The first-order valence-electron chi connectivity index (χ1n) is 7.14. The summed E-state index contributed by atoms with van der Waals surface area (Å²) in [6, 6.07) is 15.9. The van der Waals surface area contributed by atoms with Gasteiger partial charge in [0.15, 0.2) is 12.4 Å². The Morgan fingerprint density at radius 2 is 1.50 bits per heavy atom. The third-order valence-corrected chi connectivity index (χ3v) is 3.60. The van der Waals surface area contributed by atoms with Crippen molar-refractivity contribution < 1.29 is 26.7 Å². The molecule has 1 heterocycles. The molecule has 3 heteroatoms. The quantitative estimate of drug-likeness (QED) is 0.697. The Morgan fingerprint density at radius 1 is 0.864 bits per heavy atom. The van der Waals surface area contributed by atoms with Gasteiger partial charge in [-0.3, -0.25) is 0 Å². The summed E-state index contributed by atoms with van der Waals surface area (Å²) in [5.41, 5.74) is 2.34. The van der Waals surface area contributed by atoms with Gasteiger partial charge in [-0.15, -0.1) is 0 Å². The van der Waals surface area contributed by atoms with E-state index < -0.39 is 0 Å². The maximum Gasteiger partial charge on any atom is 0.169 e. The number of pyridine rings is 1. The molecule has 0 saturated carbocycles. The highest BCUT2D eigenvalue weighted by Crippen LogP contribution is 2.21. The Labute approximate surface area is 141 Å². The molecule has 2 aromatic carbocycles. The van der Waals surface area contributed by atoms with E-state index in [4.69, 9.17) is 0 Å². The van der Waals surface area contributed by atoms with E-state index in [0.717, 1.165) is 22.9 Å². The van der Waals surface area contributed by atoms with Crippen LogP contribution in [-0.2, 0) is 6.54 Å². The molecule has 0 saturated heterocycles. The number of nitrogens with zero attached hydrogens (tertiary/aromatic N) is 1. The van der Waals surface area contributed by atoms with Crippen molar-refractivity contribution in [2.45, 2.75) is 13.5 Å². The number of benzene rings is 2. The summed E-state index contributed by atoms with van der Waals surface area (Å²) in [5, 5.41) is 11.7. The van der Waals surface area contributed by atoms with E-state index in [1.54, 1.807) is 12.1 Å². The van der Waals surface area contributed by atoms with Crippen LogP contribution >= 0.6 is 0 Å². The zero-order valence-corrected chi connectivity index (χ0v) is 14.0. The summed E-state index contributed by atoms with van der Waals surface area (Å²) >= 11 is 0. The van der Waals surface area contributed by atoms with Crippen LogP contribution in [0.5, 0.6) is 5.75 Å². The maximum atomic E-state index is 9.48. The summed E-state index contributed by atoms with van der Waals surface area (Å²) in [6.07, 6.45) is 8.39. The van der Waals surface area contributed by atoms with E-state index in [2.05, 4.69) is 60.3 Å². The Balaban J connectivity index is 0.00000176. The SMILES string of the molecule is CC[n+]1ccc(/C=C/c2ccc3cc(O)ccc3c2)cc1.[Br-]. The summed E-state index contributed by atoms with van der Waals surface area (Å²) in [4.78, 5) is 0. The maximum absolute atomic E-state index is 9.48. The molecule has 0 aliphatic heterocycles. The molecule has 0 bridgehead atoms. The number of aromatic nitrogens is 1. The minimum atomic E-state index is 0. The fourth-order valence-corrected chi connectivity index (χ4v) is 2.34. The van der Waals surface area contributed by atoms with Crippen molar-refractivity contribution in [3.05, 3.63) is 72.1 Å². The van der Waals surface area contributed by atoms with Crippen LogP contribution in [0.2, 0.25) is 0 Å². The molecule has 0 aliphatic rings. The third kappa shape index (κ3) is 3.74. The fourth-order valence-electron chi connectivity index (χ4n) is 2.34. The van der Waals surface area contributed by atoms with Gasteiger partial charge in [0.05, 0.1) is 0 Å². The fraction of sp³-hybridized carbons (Fsp3) is 0.105. The standard InChI is InChI=1S/C19H17NO.BrH/c1-2-20-11-9-15(10-12-20)3-4-16-5-6-18-14-19(21)8-7-17(18)13-16;/h3-14H,2H2,1H3;1H. The number of phenols is 1. The van der Waals surface area contributed by atoms with Gasteiger partial charge in [-0.25, -0.2) is 4.57 Å². The highest BCUT2D eigenvalue weighted by molar-refractivity contribution is 5.87. The summed E-state index contributed by atoms with van der Waals surface area (Å²) in [6.45, 7) is 3.11. The normalized spacial score (nSPS) is 10.8. The molecule has 0 unspecified atom stereocenters. The van der Waals surface area contributed by atoms with Crippen molar-refractivity contribution in [3.8, 4) is 5.75 Å². The van der Waals surface area contributed by atoms with Crippen LogP contribution < -0.4 is 21.5 Å². The van der Waals surface area contributed by atoms with Crippen molar-refractivity contribution in [1.29, 1.82) is 0 Å². The number of aryl methyl sites for hydroxylation is 1. The molecule has 1 aromatic heterocycles. The lowest BCUT2D eigenvalue weighted by Gasteiger charge is -2.01. The van der Waals surface area contributed by atoms with Gasteiger partial charge in [0.2, 0.25) is 0 Å². The molecule has 1 N–H and O–H groups in total. The van der Waals surface area contributed by atoms with Gasteiger partial charge in [-0.05, 0) is 47.0 Å². The van der Waals surface area contributed by atoms with Crippen LogP contribution in [0.4, 0.5) is 0 Å². The molecular weight excluding hydrogens is 338 g/mol. The van der Waals surface area contributed by atoms with Crippen LogP contribution in [0.25, 0.3) is 22.9 Å². The van der Waals surface area contributed by atoms with E-state index in [0.29, 0.717) is 5.75 Å². The first kappa shape index (κ1) is 16.2. The zero-order chi connectivity index (χ0) is 14.7. The number of fused-ring (bicyclic) bond motifs is 1. The Bertz CT molecular complexity index is 794. The average Bonchev–Trinajstić information content (AvgIpc) is 2.53. The van der Waals surface area contributed by atoms with E-state index in [1.807, 2.05) is 12.1 Å². The van der Waals surface area contributed by atoms with Crippen LogP contribution in [-0.4, -0.2) is 5.11 Å². The van der Waals surface area contributed by atoms with Crippen LogP contribution in [0, 0.1) is 0 Å². The number of aromatic hydroxyl groups is 1. The first-order valence-corrected chi connectivity index (χ1v) is 7.14. The monoisotopic (exact) mass is 355 g/mol. The second-order valence-electron chi connectivity index (χ2n) is 5.09. The molecule has 2 nitrogen and oxygen atoms in total. The molecular formula is C19H18BrNO. The average molecular weight is 356 g/mol. The number of rotatable bonds is 3. The Kier molecular flexibility index (Phi) is 5.34. The lowest BCUT2D eigenvalue weighted by Crippen LogP contribution is -3.00. The summed E-state index contributed by atoms with van der Waals surface area (Å²) in [7, 11) is 0. The molecule has 22 heavy (non-hydrogen) atoms. The Morgan fingerprint density at radius 3 is 2.23 bits per heavy atom. The van der Waals surface area contributed by atoms with Gasteiger partial charge in [0.25, 0.3) is 0 Å². The second-order valence-corrected chi connectivity index (χ2v) is 5.09. The molecule has 0 atom stereocenters. The molecule has 0 fully saturated rings. The first-order chi connectivity index (χ1) is 10.2. The van der Waals surface area contributed by atoms with Gasteiger partial charge in [0.1, 0.15) is 12.3 Å². The molecule has 3 rings (SSSR count). The third-order valence-electron chi connectivity index (χ3n) is 3.60. The van der Waals surface area contributed by atoms with E-state index >= 15 is 0 Å². The van der Waals surface area contributed by atoms with E-state index in [9.17, 15) is 5.11 Å². The van der Waals surface area contributed by atoms with Gasteiger partial charge < -0.3 is 22.1 Å². The van der Waals surface area contributed by atoms with Gasteiger partial charge in [-0.1, -0.05) is 30.4 Å². The van der Waals surface area contributed by atoms with Crippen molar-refractivity contribution in [2.75, 3.05) is 0 Å². The lowest BCUT2D eigenvalue weighted by atomic mass is 10.1. The topological polar surface area (TPSA) is 24.1 Å². The molecule has 0 aliphatic carbocycles. The molecule has 3 aromatic rings. The van der Waals surface area contributed by atoms with E-state index in [1.165, 1.54) is 5.56 Å². The number of hydrogen-bond acceptors (Lipinski definition) is 1. The highest BCUT2D eigenvalue weighted by Gasteiger charge is 1.97.